The molecular weight excluding hydrogens is 338 g/mol. The first kappa shape index (κ1) is 16.8. The van der Waals surface area contributed by atoms with E-state index in [0.717, 1.165) is 36.8 Å². The number of hydrogen-bond donors (Lipinski definition) is 1. The third-order valence-corrected chi connectivity index (χ3v) is 7.26. The minimum atomic E-state index is -2.79. The molecule has 25 heavy (non-hydrogen) atoms. The molecule has 0 amide bonds. The normalized spacial score (nSPS) is 26.6. The summed E-state index contributed by atoms with van der Waals surface area (Å²) in [6, 6.07) is 0.454. The van der Waals surface area contributed by atoms with Crippen LogP contribution < -0.4 is 5.73 Å². The molecule has 0 aromatic carbocycles. The Hall–Kier alpha value is -1.67. The zero-order chi connectivity index (χ0) is 17.6. The quantitative estimate of drug-likeness (QED) is 0.879. The van der Waals surface area contributed by atoms with Crippen molar-refractivity contribution in [3.05, 3.63) is 18.1 Å². The zero-order valence-corrected chi connectivity index (χ0v) is 15.4. The molecule has 2 aliphatic rings. The molecule has 1 aliphatic carbocycles. The fourth-order valence-electron chi connectivity index (χ4n) is 4.11. The molecule has 2 aromatic heterocycles. The third-order valence-electron chi connectivity index (χ3n) is 5.66. The Morgan fingerprint density at radius 2 is 1.96 bits per heavy atom. The van der Waals surface area contributed by atoms with Crippen molar-refractivity contribution in [1.82, 2.24) is 19.4 Å². The Labute approximate surface area is 148 Å². The lowest BCUT2D eigenvalue weighted by molar-refractivity contribution is 0.136. The SMILES string of the molecule is CCc1cn(C2CC(CN3CCS(=O)(=O)CC3)C2)c2ncnc(N)c12. The average Bonchev–Trinajstić information content (AvgIpc) is 2.92. The first-order valence-electron chi connectivity index (χ1n) is 8.99. The number of anilines is 1. The number of sulfone groups is 1. The van der Waals surface area contributed by atoms with Crippen molar-refractivity contribution in [3.63, 3.8) is 0 Å². The summed E-state index contributed by atoms with van der Waals surface area (Å²) in [5.74, 6) is 1.81. The van der Waals surface area contributed by atoms with Crippen LogP contribution in [0.2, 0.25) is 0 Å². The van der Waals surface area contributed by atoms with Crippen LogP contribution >= 0.6 is 0 Å². The summed E-state index contributed by atoms with van der Waals surface area (Å²) >= 11 is 0. The van der Waals surface area contributed by atoms with E-state index in [9.17, 15) is 8.42 Å². The molecule has 2 aromatic rings. The molecule has 0 bridgehead atoms. The lowest BCUT2D eigenvalue weighted by Crippen LogP contribution is -2.45. The van der Waals surface area contributed by atoms with Gasteiger partial charge < -0.3 is 15.2 Å². The van der Waals surface area contributed by atoms with Crippen molar-refractivity contribution in [2.45, 2.75) is 32.2 Å². The summed E-state index contributed by atoms with van der Waals surface area (Å²) in [4.78, 5) is 10.9. The summed E-state index contributed by atoms with van der Waals surface area (Å²) in [7, 11) is -2.79. The van der Waals surface area contributed by atoms with Gasteiger partial charge in [0.2, 0.25) is 0 Å². The maximum absolute atomic E-state index is 11.5. The molecule has 8 heteroatoms. The standard InChI is InChI=1S/C17H25N5O2S/c1-2-13-10-22(17-15(13)16(18)19-11-20-17)14-7-12(8-14)9-21-3-5-25(23,24)6-4-21/h10-12,14H,2-9H2,1H3,(H2,18,19,20). The molecule has 2 fully saturated rings. The predicted molar refractivity (Wildman–Crippen MR) is 98.2 cm³/mol. The molecule has 1 saturated carbocycles. The number of nitrogen functional groups attached to an aromatic ring is 1. The van der Waals surface area contributed by atoms with Crippen molar-refractivity contribution in [2.75, 3.05) is 36.9 Å². The van der Waals surface area contributed by atoms with Gasteiger partial charge in [0.1, 0.15) is 17.8 Å². The summed E-state index contributed by atoms with van der Waals surface area (Å²) in [6.07, 6.45) is 6.86. The van der Waals surface area contributed by atoms with Gasteiger partial charge in [0, 0.05) is 31.9 Å². The van der Waals surface area contributed by atoms with E-state index in [1.165, 1.54) is 11.9 Å². The van der Waals surface area contributed by atoms with Crippen LogP contribution in [-0.4, -0.2) is 59.0 Å². The molecule has 0 radical (unpaired) electrons. The van der Waals surface area contributed by atoms with Crippen molar-refractivity contribution in [2.24, 2.45) is 5.92 Å². The van der Waals surface area contributed by atoms with E-state index in [0.29, 0.717) is 42.4 Å². The van der Waals surface area contributed by atoms with Crippen molar-refractivity contribution < 1.29 is 8.42 Å². The van der Waals surface area contributed by atoms with Gasteiger partial charge in [-0.1, -0.05) is 6.92 Å². The van der Waals surface area contributed by atoms with Crippen LogP contribution in [0.3, 0.4) is 0 Å². The highest BCUT2D eigenvalue weighted by Crippen LogP contribution is 2.41. The number of rotatable bonds is 4. The minimum absolute atomic E-state index is 0.307. The van der Waals surface area contributed by atoms with Crippen LogP contribution in [0.15, 0.2) is 12.5 Å². The smallest absolute Gasteiger partial charge is 0.152 e. The zero-order valence-electron chi connectivity index (χ0n) is 14.6. The molecule has 1 aliphatic heterocycles. The number of nitrogens with two attached hydrogens (primary N) is 1. The van der Waals surface area contributed by atoms with Gasteiger partial charge in [-0.25, -0.2) is 18.4 Å². The van der Waals surface area contributed by atoms with Crippen molar-refractivity contribution in [3.8, 4) is 0 Å². The fraction of sp³-hybridized carbons (Fsp3) is 0.647. The van der Waals surface area contributed by atoms with Gasteiger partial charge in [-0.3, -0.25) is 0 Å². The van der Waals surface area contributed by atoms with Crippen LogP contribution in [0.25, 0.3) is 11.0 Å². The lowest BCUT2D eigenvalue weighted by Gasteiger charge is -2.40. The molecule has 7 nitrogen and oxygen atoms in total. The predicted octanol–water partition coefficient (Wildman–Crippen LogP) is 1.26. The fourth-order valence-corrected chi connectivity index (χ4v) is 5.38. The highest BCUT2D eigenvalue weighted by Gasteiger charge is 2.34. The van der Waals surface area contributed by atoms with E-state index in [1.807, 2.05) is 0 Å². The van der Waals surface area contributed by atoms with Gasteiger partial charge >= 0.3 is 0 Å². The van der Waals surface area contributed by atoms with Crippen LogP contribution in [0.4, 0.5) is 5.82 Å². The topological polar surface area (TPSA) is 94.1 Å². The second-order valence-electron chi connectivity index (χ2n) is 7.32. The summed E-state index contributed by atoms with van der Waals surface area (Å²) in [6.45, 7) is 4.49. The highest BCUT2D eigenvalue weighted by atomic mass is 32.2. The van der Waals surface area contributed by atoms with E-state index in [1.54, 1.807) is 0 Å². The van der Waals surface area contributed by atoms with Gasteiger partial charge in [0.15, 0.2) is 9.84 Å². The molecule has 3 heterocycles. The third kappa shape index (κ3) is 3.13. The number of aryl methyl sites for hydroxylation is 1. The van der Waals surface area contributed by atoms with E-state index in [4.69, 9.17) is 5.73 Å². The minimum Gasteiger partial charge on any atom is -0.383 e. The maximum atomic E-state index is 11.5. The van der Waals surface area contributed by atoms with Gasteiger partial charge in [-0.2, -0.15) is 0 Å². The molecule has 2 N–H and O–H groups in total. The van der Waals surface area contributed by atoms with Crippen molar-refractivity contribution in [1.29, 1.82) is 0 Å². The first-order valence-corrected chi connectivity index (χ1v) is 10.8. The van der Waals surface area contributed by atoms with Gasteiger partial charge in [0.25, 0.3) is 0 Å². The van der Waals surface area contributed by atoms with Crippen LogP contribution in [0, 0.1) is 5.92 Å². The molecule has 0 unspecified atom stereocenters. The summed E-state index contributed by atoms with van der Waals surface area (Å²) < 4.78 is 25.3. The molecule has 4 rings (SSSR count). The van der Waals surface area contributed by atoms with Gasteiger partial charge in [-0.05, 0) is 30.7 Å². The van der Waals surface area contributed by atoms with E-state index < -0.39 is 9.84 Å². The molecular formula is C17H25N5O2S. The van der Waals surface area contributed by atoms with Gasteiger partial charge in [0.05, 0.1) is 16.9 Å². The van der Waals surface area contributed by atoms with E-state index in [-0.39, 0.29) is 0 Å². The highest BCUT2D eigenvalue weighted by molar-refractivity contribution is 7.91. The van der Waals surface area contributed by atoms with Crippen LogP contribution in [0.1, 0.15) is 31.4 Å². The number of hydrogen-bond acceptors (Lipinski definition) is 6. The Morgan fingerprint density at radius 3 is 2.64 bits per heavy atom. The molecule has 0 spiro atoms. The van der Waals surface area contributed by atoms with Crippen LogP contribution in [-0.2, 0) is 16.3 Å². The molecule has 1 saturated heterocycles. The second kappa shape index (κ2) is 6.25. The van der Waals surface area contributed by atoms with Crippen molar-refractivity contribution >= 4 is 26.7 Å². The Bertz CT molecular complexity index is 872. The largest absolute Gasteiger partial charge is 0.383 e. The Balaban J connectivity index is 1.43. The second-order valence-corrected chi connectivity index (χ2v) is 9.62. The number of aromatic nitrogens is 3. The Kier molecular flexibility index (Phi) is 4.19. The molecule has 0 atom stereocenters. The Morgan fingerprint density at radius 1 is 1.24 bits per heavy atom. The maximum Gasteiger partial charge on any atom is 0.152 e. The van der Waals surface area contributed by atoms with Gasteiger partial charge in [-0.15, -0.1) is 0 Å². The summed E-state index contributed by atoms with van der Waals surface area (Å²) in [5, 5.41) is 0.995. The average molecular weight is 363 g/mol. The monoisotopic (exact) mass is 363 g/mol. The number of fused-ring (bicyclic) bond motifs is 1. The van der Waals surface area contributed by atoms with Crippen LogP contribution in [0.5, 0.6) is 0 Å². The molecule has 136 valence electrons. The number of nitrogens with zero attached hydrogens (tertiary/aromatic N) is 4. The lowest BCUT2D eigenvalue weighted by atomic mass is 9.79. The summed E-state index contributed by atoms with van der Waals surface area (Å²) in [5.41, 5.74) is 8.21. The van der Waals surface area contributed by atoms with E-state index >= 15 is 0 Å². The van der Waals surface area contributed by atoms with E-state index in [2.05, 4.69) is 32.6 Å². The first-order chi connectivity index (χ1) is 12.0.